The molecule has 1 amide bonds. The van der Waals surface area contributed by atoms with Crippen molar-refractivity contribution in [3.63, 3.8) is 0 Å². The van der Waals surface area contributed by atoms with E-state index in [-0.39, 0.29) is 18.6 Å². The Bertz CT molecular complexity index is 633. The van der Waals surface area contributed by atoms with Crippen molar-refractivity contribution in [1.82, 2.24) is 5.32 Å². The molecule has 0 aromatic heterocycles. The molecular weight excluding hydrogens is 350 g/mol. The lowest BCUT2D eigenvalue weighted by Gasteiger charge is -2.27. The maximum absolute atomic E-state index is 12.2. The van der Waals surface area contributed by atoms with Crippen LogP contribution in [0.5, 0.6) is 11.5 Å². The molecule has 2 rings (SSSR count). The number of esters is 1. The van der Waals surface area contributed by atoms with E-state index in [0.717, 1.165) is 6.42 Å². The minimum atomic E-state index is -0.912. The number of carbonyl (C=O) groups is 2. The van der Waals surface area contributed by atoms with Gasteiger partial charge in [-0.1, -0.05) is 26.0 Å². The minimum absolute atomic E-state index is 0.259. The number of nitrogens with one attached hydrogen (secondary N) is 1. The van der Waals surface area contributed by atoms with E-state index in [1.54, 1.807) is 6.92 Å². The molecule has 1 heterocycles. The van der Waals surface area contributed by atoms with Gasteiger partial charge in [-0.25, -0.2) is 4.79 Å². The second-order valence-corrected chi connectivity index (χ2v) is 7.02. The second-order valence-electron chi connectivity index (χ2n) is 7.02. The summed E-state index contributed by atoms with van der Waals surface area (Å²) in [7, 11) is 0. The molecule has 0 bridgehead atoms. The predicted octanol–water partition coefficient (Wildman–Crippen LogP) is 2.33. The Balaban J connectivity index is 1.70. The van der Waals surface area contributed by atoms with Crippen molar-refractivity contribution in [2.45, 2.75) is 52.4 Å². The molecule has 0 spiro atoms. The molecule has 0 saturated carbocycles. The molecule has 0 aliphatic carbocycles. The molecule has 27 heavy (non-hydrogen) atoms. The van der Waals surface area contributed by atoms with Crippen LogP contribution >= 0.6 is 0 Å². The Morgan fingerprint density at radius 1 is 1.15 bits per heavy atom. The minimum Gasteiger partial charge on any atom is -0.486 e. The van der Waals surface area contributed by atoms with E-state index in [2.05, 4.69) is 19.2 Å². The number of ether oxygens (including phenoxy) is 4. The van der Waals surface area contributed by atoms with Crippen LogP contribution in [0.2, 0.25) is 0 Å². The van der Waals surface area contributed by atoms with Gasteiger partial charge in [0.05, 0.1) is 6.54 Å². The lowest BCUT2D eigenvalue weighted by molar-refractivity contribution is -0.165. The highest BCUT2D eigenvalue weighted by Gasteiger charge is 2.25. The number of fused-ring (bicyclic) bond motifs is 1. The summed E-state index contributed by atoms with van der Waals surface area (Å²) in [5, 5.41) is 2.72. The standard InChI is InChI=1S/C20H29NO6/c1-13(2)9-10-24-15(4)20(23)26-14(3)19(22)21-11-16-12-25-17-7-5-6-8-18(17)27-16/h5-8,13-16H,9-12H2,1-4H3,(H,21,22). The van der Waals surface area contributed by atoms with Crippen LogP contribution in [0.4, 0.5) is 0 Å². The first kappa shape index (κ1) is 21.0. The van der Waals surface area contributed by atoms with E-state index < -0.39 is 18.2 Å². The predicted molar refractivity (Wildman–Crippen MR) is 99.8 cm³/mol. The smallest absolute Gasteiger partial charge is 0.335 e. The summed E-state index contributed by atoms with van der Waals surface area (Å²) < 4.78 is 22.0. The van der Waals surface area contributed by atoms with E-state index in [1.165, 1.54) is 6.92 Å². The van der Waals surface area contributed by atoms with Crippen LogP contribution in [0.15, 0.2) is 24.3 Å². The summed E-state index contributed by atoms with van der Waals surface area (Å²) in [5.41, 5.74) is 0. The molecule has 1 aliphatic rings. The van der Waals surface area contributed by atoms with Crippen molar-refractivity contribution in [2.75, 3.05) is 19.8 Å². The highest BCUT2D eigenvalue weighted by molar-refractivity contribution is 5.84. The summed E-state index contributed by atoms with van der Waals surface area (Å²) in [6, 6.07) is 7.37. The highest BCUT2D eigenvalue weighted by Crippen LogP contribution is 2.30. The zero-order chi connectivity index (χ0) is 19.8. The number of para-hydroxylation sites is 2. The van der Waals surface area contributed by atoms with Crippen LogP contribution in [0, 0.1) is 5.92 Å². The quantitative estimate of drug-likeness (QED) is 0.663. The third-order valence-electron chi connectivity index (χ3n) is 4.13. The van der Waals surface area contributed by atoms with Crippen LogP contribution in [0.1, 0.15) is 34.1 Å². The molecule has 0 saturated heterocycles. The fraction of sp³-hybridized carbons (Fsp3) is 0.600. The third-order valence-corrected chi connectivity index (χ3v) is 4.13. The van der Waals surface area contributed by atoms with Crippen molar-refractivity contribution >= 4 is 11.9 Å². The molecule has 7 heteroatoms. The summed E-state index contributed by atoms with van der Waals surface area (Å²) >= 11 is 0. The topological polar surface area (TPSA) is 83.1 Å². The Morgan fingerprint density at radius 3 is 2.56 bits per heavy atom. The number of hydrogen-bond donors (Lipinski definition) is 1. The van der Waals surface area contributed by atoms with Gasteiger partial charge < -0.3 is 24.3 Å². The van der Waals surface area contributed by atoms with Gasteiger partial charge in [0.2, 0.25) is 0 Å². The van der Waals surface area contributed by atoms with E-state index in [1.807, 2.05) is 24.3 Å². The van der Waals surface area contributed by atoms with Crippen LogP contribution < -0.4 is 14.8 Å². The van der Waals surface area contributed by atoms with Gasteiger partial charge >= 0.3 is 5.97 Å². The molecule has 3 atom stereocenters. The molecule has 1 aliphatic heterocycles. The van der Waals surface area contributed by atoms with Gasteiger partial charge in [-0.3, -0.25) is 4.79 Å². The first-order valence-electron chi connectivity index (χ1n) is 9.35. The van der Waals surface area contributed by atoms with Gasteiger partial charge in [0.1, 0.15) is 12.7 Å². The average molecular weight is 379 g/mol. The molecule has 1 N–H and O–H groups in total. The second kappa shape index (κ2) is 10.2. The SMILES string of the molecule is CC(C)CCOC(C)C(=O)OC(C)C(=O)NCC1COc2ccccc2O1. The lowest BCUT2D eigenvalue weighted by atomic mass is 10.1. The fourth-order valence-electron chi connectivity index (χ4n) is 2.39. The zero-order valence-corrected chi connectivity index (χ0v) is 16.4. The first-order chi connectivity index (χ1) is 12.9. The first-order valence-corrected chi connectivity index (χ1v) is 9.35. The highest BCUT2D eigenvalue weighted by atomic mass is 16.6. The van der Waals surface area contributed by atoms with Gasteiger partial charge in [-0.2, -0.15) is 0 Å². The number of hydrogen-bond acceptors (Lipinski definition) is 6. The molecule has 3 unspecified atom stereocenters. The van der Waals surface area contributed by atoms with Crippen LogP contribution in [-0.4, -0.2) is 49.9 Å². The largest absolute Gasteiger partial charge is 0.486 e. The summed E-state index contributed by atoms with van der Waals surface area (Å²) in [6.45, 7) is 8.40. The molecule has 0 fully saturated rings. The van der Waals surface area contributed by atoms with Crippen molar-refractivity contribution in [1.29, 1.82) is 0 Å². The van der Waals surface area contributed by atoms with Crippen LogP contribution in [-0.2, 0) is 19.1 Å². The molecule has 7 nitrogen and oxygen atoms in total. The third kappa shape index (κ3) is 6.75. The van der Waals surface area contributed by atoms with E-state index >= 15 is 0 Å². The molecule has 150 valence electrons. The van der Waals surface area contributed by atoms with Crippen LogP contribution in [0.3, 0.4) is 0 Å². The van der Waals surface area contributed by atoms with Crippen LogP contribution in [0.25, 0.3) is 0 Å². The Hall–Kier alpha value is -2.28. The fourth-order valence-corrected chi connectivity index (χ4v) is 2.39. The average Bonchev–Trinajstić information content (AvgIpc) is 2.65. The van der Waals surface area contributed by atoms with Crippen molar-refractivity contribution in [3.05, 3.63) is 24.3 Å². The van der Waals surface area contributed by atoms with E-state index in [0.29, 0.717) is 30.6 Å². The number of amides is 1. The van der Waals surface area contributed by atoms with Gasteiger partial charge in [0.25, 0.3) is 5.91 Å². The van der Waals surface area contributed by atoms with Crippen molar-refractivity contribution in [3.8, 4) is 11.5 Å². The van der Waals surface area contributed by atoms with Gasteiger partial charge in [-0.05, 0) is 38.3 Å². The van der Waals surface area contributed by atoms with Gasteiger partial charge in [0, 0.05) is 6.61 Å². The Morgan fingerprint density at radius 2 is 1.85 bits per heavy atom. The Kier molecular flexibility index (Phi) is 7.91. The summed E-state index contributed by atoms with van der Waals surface area (Å²) in [4.78, 5) is 24.2. The van der Waals surface area contributed by atoms with E-state index in [4.69, 9.17) is 18.9 Å². The summed E-state index contributed by atoms with van der Waals surface area (Å²) in [6.07, 6.45) is -1.05. The maximum atomic E-state index is 12.2. The molecular formula is C20H29NO6. The van der Waals surface area contributed by atoms with Crippen molar-refractivity contribution in [2.24, 2.45) is 5.92 Å². The monoisotopic (exact) mass is 379 g/mol. The normalized spacial score (nSPS) is 17.9. The number of rotatable bonds is 9. The van der Waals surface area contributed by atoms with E-state index in [9.17, 15) is 9.59 Å². The van der Waals surface area contributed by atoms with Gasteiger partial charge in [-0.15, -0.1) is 0 Å². The van der Waals surface area contributed by atoms with Gasteiger partial charge in [0.15, 0.2) is 23.7 Å². The Labute approximate surface area is 160 Å². The number of carbonyl (C=O) groups excluding carboxylic acids is 2. The molecule has 0 radical (unpaired) electrons. The zero-order valence-electron chi connectivity index (χ0n) is 16.4. The molecule has 1 aromatic carbocycles. The van der Waals surface area contributed by atoms with Crippen molar-refractivity contribution < 1.29 is 28.5 Å². The molecule has 1 aromatic rings. The summed E-state index contributed by atoms with van der Waals surface area (Å²) in [5.74, 6) is 0.896. The number of benzene rings is 1. The maximum Gasteiger partial charge on any atom is 0.335 e. The lowest BCUT2D eigenvalue weighted by Crippen LogP contribution is -2.45.